The number of hydrogen-bond acceptors (Lipinski definition) is 2. The third-order valence-corrected chi connectivity index (χ3v) is 4.46. The van der Waals surface area contributed by atoms with Crippen LogP contribution >= 0.6 is 11.6 Å². The first-order chi connectivity index (χ1) is 10.1. The van der Waals surface area contributed by atoms with Crippen LogP contribution in [-0.4, -0.2) is 11.6 Å². The van der Waals surface area contributed by atoms with Crippen molar-refractivity contribution < 1.29 is 4.79 Å². The summed E-state index contributed by atoms with van der Waals surface area (Å²) in [7, 11) is 0. The molecule has 1 aromatic rings. The number of halogens is 1. The molecule has 0 aliphatic heterocycles. The maximum Gasteiger partial charge on any atom is 0.320 e. The number of rotatable bonds is 3. The molecule has 0 heterocycles. The van der Waals surface area contributed by atoms with Crippen LogP contribution in [0.3, 0.4) is 0 Å². The molecule has 1 aromatic carbocycles. The summed E-state index contributed by atoms with van der Waals surface area (Å²) in [5, 5.41) is 15.6. The Morgan fingerprint density at radius 1 is 1.38 bits per heavy atom. The average molecular weight is 306 g/mol. The van der Waals surface area contributed by atoms with Gasteiger partial charge in [-0.3, -0.25) is 0 Å². The Kier molecular flexibility index (Phi) is 5.08. The van der Waals surface area contributed by atoms with Crippen LogP contribution in [0.5, 0.6) is 0 Å². The molecule has 0 radical (unpaired) electrons. The standard InChI is InChI=1S/C16H20ClN3O/c1-2-12-7-9-16(11-18,10-8-12)20-15(21)19-14-5-3-13(17)4-6-14/h3-6,12H,2,7-10H2,1H3,(H2,19,20,21). The minimum Gasteiger partial charge on any atom is -0.319 e. The number of carbonyl (C=O) groups is 1. The van der Waals surface area contributed by atoms with Gasteiger partial charge in [0.25, 0.3) is 0 Å². The lowest BCUT2D eigenvalue weighted by Gasteiger charge is -2.35. The van der Waals surface area contributed by atoms with Crippen LogP contribution < -0.4 is 10.6 Å². The minimum atomic E-state index is -0.734. The molecule has 112 valence electrons. The van der Waals surface area contributed by atoms with Crippen LogP contribution in [0.15, 0.2) is 24.3 Å². The SMILES string of the molecule is CCC1CCC(C#N)(NC(=O)Nc2ccc(Cl)cc2)CC1. The first-order valence-corrected chi connectivity index (χ1v) is 7.71. The predicted octanol–water partition coefficient (Wildman–Crippen LogP) is 4.32. The second-order valence-corrected chi connectivity index (χ2v) is 6.07. The maximum absolute atomic E-state index is 12.1. The Bertz CT molecular complexity index is 527. The number of amides is 2. The van der Waals surface area contributed by atoms with Crippen molar-refractivity contribution in [2.45, 2.75) is 44.6 Å². The number of urea groups is 1. The van der Waals surface area contributed by atoms with Crippen LogP contribution in [0.4, 0.5) is 10.5 Å². The summed E-state index contributed by atoms with van der Waals surface area (Å²) in [4.78, 5) is 12.1. The van der Waals surface area contributed by atoms with Crippen LogP contribution in [0.2, 0.25) is 5.02 Å². The van der Waals surface area contributed by atoms with Crippen molar-refractivity contribution >= 4 is 23.3 Å². The molecule has 0 unspecified atom stereocenters. The molecule has 0 atom stereocenters. The van der Waals surface area contributed by atoms with Gasteiger partial charge in [-0.05, 0) is 55.9 Å². The van der Waals surface area contributed by atoms with E-state index in [-0.39, 0.29) is 6.03 Å². The molecule has 1 aliphatic carbocycles. The highest BCUT2D eigenvalue weighted by Crippen LogP contribution is 2.33. The first kappa shape index (κ1) is 15.7. The van der Waals surface area contributed by atoms with E-state index in [2.05, 4.69) is 23.6 Å². The lowest BCUT2D eigenvalue weighted by atomic mass is 9.76. The molecule has 1 saturated carbocycles. The highest BCUT2D eigenvalue weighted by molar-refractivity contribution is 6.30. The number of benzene rings is 1. The van der Waals surface area contributed by atoms with Gasteiger partial charge in [0.05, 0.1) is 6.07 Å². The summed E-state index contributed by atoms with van der Waals surface area (Å²) in [5.41, 5.74) is -0.0745. The highest BCUT2D eigenvalue weighted by Gasteiger charge is 2.36. The summed E-state index contributed by atoms with van der Waals surface area (Å²) in [6, 6.07) is 8.84. The molecular weight excluding hydrogens is 286 g/mol. The van der Waals surface area contributed by atoms with Gasteiger partial charge in [-0.2, -0.15) is 5.26 Å². The molecule has 21 heavy (non-hydrogen) atoms. The summed E-state index contributed by atoms with van der Waals surface area (Å²) in [6.45, 7) is 2.17. The molecule has 1 fully saturated rings. The lowest BCUT2D eigenvalue weighted by Crippen LogP contribution is -2.51. The fraction of sp³-hybridized carbons (Fsp3) is 0.500. The third-order valence-electron chi connectivity index (χ3n) is 4.20. The molecule has 0 saturated heterocycles. The summed E-state index contributed by atoms with van der Waals surface area (Å²) in [6.07, 6.45) is 4.56. The number of nitrogens with zero attached hydrogens (tertiary/aromatic N) is 1. The fourth-order valence-corrected chi connectivity index (χ4v) is 2.88. The number of hydrogen-bond donors (Lipinski definition) is 2. The van der Waals surface area contributed by atoms with E-state index in [1.165, 1.54) is 0 Å². The van der Waals surface area contributed by atoms with E-state index < -0.39 is 5.54 Å². The third kappa shape index (κ3) is 4.12. The van der Waals surface area contributed by atoms with Gasteiger partial charge >= 0.3 is 6.03 Å². The second-order valence-electron chi connectivity index (χ2n) is 5.63. The van der Waals surface area contributed by atoms with Crippen molar-refractivity contribution in [2.24, 2.45) is 5.92 Å². The van der Waals surface area contributed by atoms with Crippen molar-refractivity contribution in [3.63, 3.8) is 0 Å². The van der Waals surface area contributed by atoms with E-state index in [0.29, 0.717) is 16.6 Å². The normalized spacial score (nSPS) is 24.9. The molecule has 0 bridgehead atoms. The molecule has 4 nitrogen and oxygen atoms in total. The maximum atomic E-state index is 12.1. The largest absolute Gasteiger partial charge is 0.320 e. The smallest absolute Gasteiger partial charge is 0.319 e. The molecule has 2 N–H and O–H groups in total. The van der Waals surface area contributed by atoms with E-state index in [1.807, 2.05) is 0 Å². The van der Waals surface area contributed by atoms with Crippen molar-refractivity contribution in [1.82, 2.24) is 5.32 Å². The molecular formula is C16H20ClN3O. The van der Waals surface area contributed by atoms with E-state index in [0.717, 1.165) is 32.1 Å². The summed E-state index contributed by atoms with van der Waals surface area (Å²) >= 11 is 5.80. The Balaban J connectivity index is 1.94. The van der Waals surface area contributed by atoms with Crippen molar-refractivity contribution in [3.05, 3.63) is 29.3 Å². The van der Waals surface area contributed by atoms with E-state index in [1.54, 1.807) is 24.3 Å². The number of nitrogens with one attached hydrogen (secondary N) is 2. The quantitative estimate of drug-likeness (QED) is 0.873. The van der Waals surface area contributed by atoms with Crippen LogP contribution in [0.25, 0.3) is 0 Å². The second kappa shape index (κ2) is 6.82. The fourth-order valence-electron chi connectivity index (χ4n) is 2.76. The lowest BCUT2D eigenvalue weighted by molar-refractivity contribution is 0.216. The minimum absolute atomic E-state index is 0.339. The first-order valence-electron chi connectivity index (χ1n) is 7.33. The van der Waals surface area contributed by atoms with E-state index >= 15 is 0 Å². The molecule has 2 rings (SSSR count). The molecule has 5 heteroatoms. The van der Waals surface area contributed by atoms with Crippen LogP contribution in [-0.2, 0) is 0 Å². The van der Waals surface area contributed by atoms with E-state index in [4.69, 9.17) is 11.6 Å². The van der Waals surface area contributed by atoms with Gasteiger partial charge < -0.3 is 10.6 Å². The van der Waals surface area contributed by atoms with E-state index in [9.17, 15) is 10.1 Å². The van der Waals surface area contributed by atoms with Crippen LogP contribution in [0.1, 0.15) is 39.0 Å². The average Bonchev–Trinajstić information content (AvgIpc) is 2.50. The van der Waals surface area contributed by atoms with Crippen LogP contribution in [0, 0.1) is 17.2 Å². The Hall–Kier alpha value is -1.73. The summed E-state index contributed by atoms with van der Waals surface area (Å²) < 4.78 is 0. The van der Waals surface area contributed by atoms with Gasteiger partial charge in [0.1, 0.15) is 5.54 Å². The van der Waals surface area contributed by atoms with Gasteiger partial charge in [0.2, 0.25) is 0 Å². The zero-order valence-electron chi connectivity index (χ0n) is 12.2. The van der Waals surface area contributed by atoms with Gasteiger partial charge in [0.15, 0.2) is 0 Å². The molecule has 0 aromatic heterocycles. The Morgan fingerprint density at radius 2 is 2.00 bits per heavy atom. The topological polar surface area (TPSA) is 64.9 Å². The van der Waals surface area contributed by atoms with Gasteiger partial charge in [-0.25, -0.2) is 4.79 Å². The van der Waals surface area contributed by atoms with Crippen molar-refractivity contribution in [1.29, 1.82) is 5.26 Å². The Morgan fingerprint density at radius 3 is 2.52 bits per heavy atom. The molecule has 0 spiro atoms. The predicted molar refractivity (Wildman–Crippen MR) is 84.2 cm³/mol. The zero-order chi connectivity index (χ0) is 15.3. The zero-order valence-corrected chi connectivity index (χ0v) is 12.9. The Labute approximate surface area is 130 Å². The number of carbonyl (C=O) groups excluding carboxylic acids is 1. The molecule has 1 aliphatic rings. The number of nitriles is 1. The molecule has 2 amide bonds. The summed E-state index contributed by atoms with van der Waals surface area (Å²) in [5.74, 6) is 0.674. The van der Waals surface area contributed by atoms with Gasteiger partial charge in [-0.15, -0.1) is 0 Å². The van der Waals surface area contributed by atoms with Crippen molar-refractivity contribution in [3.8, 4) is 6.07 Å². The van der Waals surface area contributed by atoms with Gasteiger partial charge in [-0.1, -0.05) is 24.9 Å². The monoisotopic (exact) mass is 305 g/mol. The number of anilines is 1. The van der Waals surface area contributed by atoms with Crippen molar-refractivity contribution in [2.75, 3.05) is 5.32 Å². The highest BCUT2D eigenvalue weighted by atomic mass is 35.5. The van der Waals surface area contributed by atoms with Gasteiger partial charge in [0, 0.05) is 10.7 Å².